The Bertz CT molecular complexity index is 456. The van der Waals surface area contributed by atoms with E-state index in [1.807, 2.05) is 4.90 Å². The van der Waals surface area contributed by atoms with Crippen molar-refractivity contribution >= 4 is 27.5 Å². The highest BCUT2D eigenvalue weighted by Gasteiger charge is 2.21. The van der Waals surface area contributed by atoms with Crippen molar-refractivity contribution in [2.75, 3.05) is 18.4 Å². The molecule has 0 unspecified atom stereocenters. The first-order chi connectivity index (χ1) is 8.97. The molecule has 1 aliphatic rings. The van der Waals surface area contributed by atoms with Gasteiger partial charge >= 0.3 is 0 Å². The summed E-state index contributed by atoms with van der Waals surface area (Å²) >= 11 is 3.52. The first-order valence-electron chi connectivity index (χ1n) is 6.76. The van der Waals surface area contributed by atoms with Gasteiger partial charge in [-0.2, -0.15) is 0 Å². The summed E-state index contributed by atoms with van der Waals surface area (Å²) < 4.78 is 1.12. The van der Waals surface area contributed by atoms with E-state index in [2.05, 4.69) is 47.2 Å². The lowest BCUT2D eigenvalue weighted by molar-refractivity contribution is -0.129. The number of aryl methyl sites for hydroxylation is 2. The highest BCUT2D eigenvalue weighted by molar-refractivity contribution is 9.10. The number of nitrogens with zero attached hydrogens (tertiary/aromatic N) is 1. The fraction of sp³-hybridized carbons (Fsp3) is 0.533. The van der Waals surface area contributed by atoms with Gasteiger partial charge in [0.2, 0.25) is 5.91 Å². The third-order valence-corrected chi connectivity index (χ3v) is 4.24. The third-order valence-electron chi connectivity index (χ3n) is 3.79. The second-order valence-electron chi connectivity index (χ2n) is 5.34. The molecule has 1 saturated heterocycles. The number of carbonyl (C=O) groups excluding carboxylic acids is 1. The minimum absolute atomic E-state index is 0.189. The molecule has 0 aliphatic carbocycles. The van der Waals surface area contributed by atoms with Gasteiger partial charge in [-0.25, -0.2) is 0 Å². The Hall–Kier alpha value is -1.03. The smallest absolute Gasteiger partial charge is 0.219 e. The van der Waals surface area contributed by atoms with E-state index in [1.165, 1.54) is 16.8 Å². The van der Waals surface area contributed by atoms with Gasteiger partial charge in [-0.15, -0.1) is 0 Å². The van der Waals surface area contributed by atoms with E-state index in [0.717, 1.165) is 30.4 Å². The fourth-order valence-corrected chi connectivity index (χ4v) is 3.37. The Balaban J connectivity index is 2.02. The Kier molecular flexibility index (Phi) is 4.50. The lowest BCUT2D eigenvalue weighted by Crippen LogP contribution is -2.41. The van der Waals surface area contributed by atoms with Crippen LogP contribution in [0.2, 0.25) is 0 Å². The molecule has 0 atom stereocenters. The maximum absolute atomic E-state index is 11.3. The van der Waals surface area contributed by atoms with Gasteiger partial charge in [0, 0.05) is 36.2 Å². The number of halogens is 1. The number of rotatable bonds is 2. The molecule has 1 amide bonds. The van der Waals surface area contributed by atoms with E-state index < -0.39 is 0 Å². The summed E-state index contributed by atoms with van der Waals surface area (Å²) in [6, 6.07) is 4.74. The van der Waals surface area contributed by atoms with Crippen LogP contribution in [0, 0.1) is 13.8 Å². The summed E-state index contributed by atoms with van der Waals surface area (Å²) in [5, 5.41) is 3.65. The predicted molar refractivity (Wildman–Crippen MR) is 82.5 cm³/mol. The molecule has 1 heterocycles. The van der Waals surface area contributed by atoms with Gasteiger partial charge in [0.25, 0.3) is 0 Å². The Labute approximate surface area is 123 Å². The summed E-state index contributed by atoms with van der Waals surface area (Å²) in [5.74, 6) is 0.189. The van der Waals surface area contributed by atoms with Crippen LogP contribution in [0.1, 0.15) is 30.9 Å². The van der Waals surface area contributed by atoms with Crippen molar-refractivity contribution in [2.24, 2.45) is 0 Å². The van der Waals surface area contributed by atoms with E-state index in [1.54, 1.807) is 6.92 Å². The first kappa shape index (κ1) is 14.4. The summed E-state index contributed by atoms with van der Waals surface area (Å²) in [4.78, 5) is 13.2. The molecular formula is C15H21BrN2O. The highest BCUT2D eigenvalue weighted by Crippen LogP contribution is 2.27. The van der Waals surface area contributed by atoms with Crippen molar-refractivity contribution in [2.45, 2.75) is 39.7 Å². The van der Waals surface area contributed by atoms with Crippen molar-refractivity contribution < 1.29 is 4.79 Å². The molecule has 1 fully saturated rings. The molecule has 1 aromatic carbocycles. The Morgan fingerprint density at radius 3 is 2.26 bits per heavy atom. The molecule has 0 saturated carbocycles. The van der Waals surface area contributed by atoms with E-state index in [-0.39, 0.29) is 5.91 Å². The molecule has 1 N–H and O–H groups in total. The van der Waals surface area contributed by atoms with Crippen LogP contribution in [0.25, 0.3) is 0 Å². The van der Waals surface area contributed by atoms with Crippen molar-refractivity contribution in [3.63, 3.8) is 0 Å². The number of hydrogen-bond acceptors (Lipinski definition) is 2. The van der Waals surface area contributed by atoms with Crippen LogP contribution in [-0.2, 0) is 4.79 Å². The van der Waals surface area contributed by atoms with E-state index >= 15 is 0 Å². The Morgan fingerprint density at radius 2 is 1.79 bits per heavy atom. The normalized spacial score (nSPS) is 16.5. The van der Waals surface area contributed by atoms with Crippen molar-refractivity contribution in [3.8, 4) is 0 Å². The number of nitrogens with one attached hydrogen (secondary N) is 1. The summed E-state index contributed by atoms with van der Waals surface area (Å²) in [6.07, 6.45) is 2.04. The van der Waals surface area contributed by atoms with Gasteiger partial charge in [0.15, 0.2) is 0 Å². The second kappa shape index (κ2) is 5.95. The number of amides is 1. The largest absolute Gasteiger partial charge is 0.382 e. The quantitative estimate of drug-likeness (QED) is 0.903. The van der Waals surface area contributed by atoms with Crippen LogP contribution in [0.4, 0.5) is 5.69 Å². The molecule has 2 rings (SSSR count). The van der Waals surface area contributed by atoms with Gasteiger partial charge in [-0.3, -0.25) is 4.79 Å². The van der Waals surface area contributed by atoms with E-state index in [4.69, 9.17) is 0 Å². The van der Waals surface area contributed by atoms with Gasteiger partial charge in [-0.05, 0) is 49.9 Å². The molecule has 1 aliphatic heterocycles. The first-order valence-corrected chi connectivity index (χ1v) is 7.55. The second-order valence-corrected chi connectivity index (χ2v) is 6.25. The summed E-state index contributed by atoms with van der Waals surface area (Å²) in [7, 11) is 0. The maximum atomic E-state index is 11.3. The van der Waals surface area contributed by atoms with Crippen LogP contribution in [0.3, 0.4) is 0 Å². The molecule has 0 bridgehead atoms. The SMILES string of the molecule is CC(=O)N1CCC(Nc2c(C)cc(Br)cc2C)CC1. The van der Waals surface area contributed by atoms with Crippen molar-refractivity contribution in [1.29, 1.82) is 0 Å². The van der Waals surface area contributed by atoms with Gasteiger partial charge in [0.1, 0.15) is 0 Å². The topological polar surface area (TPSA) is 32.3 Å². The molecule has 0 radical (unpaired) electrons. The van der Waals surface area contributed by atoms with Crippen molar-refractivity contribution in [1.82, 2.24) is 4.90 Å². The molecule has 3 nitrogen and oxygen atoms in total. The minimum Gasteiger partial charge on any atom is -0.382 e. The molecule has 0 spiro atoms. The zero-order valence-corrected chi connectivity index (χ0v) is 13.4. The van der Waals surface area contributed by atoms with Crippen LogP contribution in [-0.4, -0.2) is 29.9 Å². The molecule has 0 aromatic heterocycles. The number of likely N-dealkylation sites (tertiary alicyclic amines) is 1. The zero-order chi connectivity index (χ0) is 14.0. The molecular weight excluding hydrogens is 304 g/mol. The van der Waals surface area contributed by atoms with Crippen LogP contribution >= 0.6 is 15.9 Å². The lowest BCUT2D eigenvalue weighted by Gasteiger charge is -2.33. The zero-order valence-electron chi connectivity index (χ0n) is 11.8. The average Bonchev–Trinajstić information content (AvgIpc) is 2.34. The fourth-order valence-electron chi connectivity index (χ4n) is 2.68. The monoisotopic (exact) mass is 324 g/mol. The van der Waals surface area contributed by atoms with Crippen LogP contribution in [0.15, 0.2) is 16.6 Å². The van der Waals surface area contributed by atoms with E-state index in [9.17, 15) is 4.79 Å². The van der Waals surface area contributed by atoms with Gasteiger partial charge < -0.3 is 10.2 Å². The van der Waals surface area contributed by atoms with E-state index in [0.29, 0.717) is 6.04 Å². The van der Waals surface area contributed by atoms with Crippen LogP contribution < -0.4 is 5.32 Å². The Morgan fingerprint density at radius 1 is 1.26 bits per heavy atom. The predicted octanol–water partition coefficient (Wildman–Crippen LogP) is 3.49. The molecule has 19 heavy (non-hydrogen) atoms. The maximum Gasteiger partial charge on any atom is 0.219 e. The lowest BCUT2D eigenvalue weighted by atomic mass is 10.0. The molecule has 1 aromatic rings. The summed E-state index contributed by atoms with van der Waals surface area (Å²) in [5.41, 5.74) is 3.77. The number of carbonyl (C=O) groups is 1. The van der Waals surface area contributed by atoms with Crippen LogP contribution in [0.5, 0.6) is 0 Å². The van der Waals surface area contributed by atoms with Gasteiger partial charge in [-0.1, -0.05) is 15.9 Å². The molecule has 104 valence electrons. The number of hydrogen-bond donors (Lipinski definition) is 1. The number of anilines is 1. The highest BCUT2D eigenvalue weighted by atomic mass is 79.9. The summed E-state index contributed by atoms with van der Waals surface area (Å²) in [6.45, 7) is 7.63. The molecule has 4 heteroatoms. The van der Waals surface area contributed by atoms with Crippen molar-refractivity contribution in [3.05, 3.63) is 27.7 Å². The standard InChI is InChI=1S/C15H21BrN2O/c1-10-8-13(16)9-11(2)15(10)17-14-4-6-18(7-5-14)12(3)19/h8-9,14,17H,4-7H2,1-3H3. The average molecular weight is 325 g/mol. The number of piperidine rings is 1. The minimum atomic E-state index is 0.189. The number of benzene rings is 1. The van der Waals surface area contributed by atoms with Gasteiger partial charge in [0.05, 0.1) is 0 Å². The third kappa shape index (κ3) is 3.50.